The number of fused-ring (bicyclic) bond motifs is 3. The smallest absolute Gasteiger partial charge is 0.289 e. The Kier molecular flexibility index (Phi) is 4.45. The molecule has 1 saturated heterocycles. The van der Waals surface area contributed by atoms with Gasteiger partial charge in [0.25, 0.3) is 11.6 Å². The minimum atomic E-state index is -0.411. The van der Waals surface area contributed by atoms with E-state index in [1.165, 1.54) is 12.3 Å². The predicted octanol–water partition coefficient (Wildman–Crippen LogP) is 1.97. The molecule has 2 aromatic rings. The molecule has 2 aliphatic heterocycles. The van der Waals surface area contributed by atoms with E-state index in [1.54, 1.807) is 29.2 Å². The highest BCUT2D eigenvalue weighted by atomic mass is 16.6. The topological polar surface area (TPSA) is 109 Å². The molecule has 1 saturated carbocycles. The Morgan fingerprint density at radius 2 is 2.03 bits per heavy atom. The van der Waals surface area contributed by atoms with Crippen molar-refractivity contribution < 1.29 is 18.9 Å². The van der Waals surface area contributed by atoms with E-state index >= 15 is 0 Å². The molecule has 3 aliphatic rings. The highest BCUT2D eigenvalue weighted by molar-refractivity contribution is 5.92. The van der Waals surface area contributed by atoms with Crippen LogP contribution in [0.1, 0.15) is 29.0 Å². The Balaban J connectivity index is 1.46. The van der Waals surface area contributed by atoms with Crippen LogP contribution in [0, 0.1) is 16.0 Å². The number of piperazine rings is 1. The van der Waals surface area contributed by atoms with E-state index < -0.39 is 4.92 Å². The first-order chi connectivity index (χ1) is 14.5. The fourth-order valence-corrected chi connectivity index (χ4v) is 4.50. The zero-order valence-electron chi connectivity index (χ0n) is 16.3. The molecule has 2 fully saturated rings. The number of nitrogens with one attached hydrogen (secondary N) is 1. The van der Waals surface area contributed by atoms with E-state index in [-0.39, 0.29) is 41.3 Å². The molecule has 2 amide bonds. The molecular formula is C21H22N4O5. The van der Waals surface area contributed by atoms with Crippen LogP contribution < -0.4 is 10.2 Å². The lowest BCUT2D eigenvalue weighted by Crippen LogP contribution is -2.62. The molecule has 0 unspecified atom stereocenters. The zero-order valence-corrected chi connectivity index (χ0v) is 16.3. The van der Waals surface area contributed by atoms with Crippen LogP contribution in [0.4, 0.5) is 11.4 Å². The van der Waals surface area contributed by atoms with Gasteiger partial charge >= 0.3 is 0 Å². The third-order valence-corrected chi connectivity index (χ3v) is 6.19. The summed E-state index contributed by atoms with van der Waals surface area (Å²) in [5.41, 5.74) is 1.74. The number of hydrogen-bond donors (Lipinski definition) is 1. The molecule has 1 N–H and O–H groups in total. The summed E-state index contributed by atoms with van der Waals surface area (Å²) in [6.07, 6.45) is 3.86. The number of nitro groups is 1. The molecule has 156 valence electrons. The second-order valence-electron chi connectivity index (χ2n) is 8.15. The normalized spacial score (nSPS) is 22.8. The molecule has 2 atom stereocenters. The van der Waals surface area contributed by atoms with Crippen molar-refractivity contribution in [1.82, 2.24) is 10.2 Å². The number of amides is 2. The first-order valence-electron chi connectivity index (χ1n) is 10.2. The van der Waals surface area contributed by atoms with Crippen molar-refractivity contribution in [2.45, 2.75) is 31.3 Å². The minimum Gasteiger partial charge on any atom is -0.459 e. The molecule has 9 nitrogen and oxygen atoms in total. The fraction of sp³-hybridized carbons (Fsp3) is 0.429. The van der Waals surface area contributed by atoms with Crippen molar-refractivity contribution in [1.29, 1.82) is 0 Å². The lowest BCUT2D eigenvalue weighted by Gasteiger charge is -2.48. The highest BCUT2D eigenvalue weighted by Gasteiger charge is 2.44. The van der Waals surface area contributed by atoms with Gasteiger partial charge in [0.15, 0.2) is 5.76 Å². The standard InChI is InChI=1S/C21H22N4O5/c26-20(22-14-3-4-14)16-11-13-10-15(25(28)29)5-6-17(13)24-8-7-23(12-18(16)24)21(27)19-2-1-9-30-19/h1-2,5-6,9-10,14,16,18H,3-4,7-8,11-12H2,(H,22,26)/t16-,18-/m0/s1. The number of nitro benzene ring substituents is 1. The third kappa shape index (κ3) is 3.30. The minimum absolute atomic E-state index is 0.0279. The lowest BCUT2D eigenvalue weighted by atomic mass is 9.83. The van der Waals surface area contributed by atoms with Crippen LogP contribution in [0.15, 0.2) is 41.0 Å². The van der Waals surface area contributed by atoms with Crippen LogP contribution in [0.3, 0.4) is 0 Å². The van der Waals surface area contributed by atoms with Gasteiger partial charge in [0, 0.05) is 43.5 Å². The zero-order chi connectivity index (χ0) is 20.8. The molecule has 0 bridgehead atoms. The molecule has 30 heavy (non-hydrogen) atoms. The summed E-state index contributed by atoms with van der Waals surface area (Å²) in [5, 5.41) is 14.3. The maximum Gasteiger partial charge on any atom is 0.289 e. The van der Waals surface area contributed by atoms with E-state index in [1.807, 2.05) is 0 Å². The average Bonchev–Trinajstić information content (AvgIpc) is 3.39. The number of carbonyl (C=O) groups is 2. The van der Waals surface area contributed by atoms with Crippen molar-refractivity contribution in [2.75, 3.05) is 24.5 Å². The Morgan fingerprint density at radius 3 is 2.73 bits per heavy atom. The first-order valence-corrected chi connectivity index (χ1v) is 10.2. The highest BCUT2D eigenvalue weighted by Crippen LogP contribution is 2.38. The Bertz CT molecular complexity index is 1000. The Labute approximate surface area is 172 Å². The predicted molar refractivity (Wildman–Crippen MR) is 107 cm³/mol. The molecule has 0 spiro atoms. The summed E-state index contributed by atoms with van der Waals surface area (Å²) in [6.45, 7) is 1.44. The average molecular weight is 410 g/mol. The van der Waals surface area contributed by atoms with Crippen molar-refractivity contribution in [2.24, 2.45) is 5.92 Å². The number of anilines is 1. The van der Waals surface area contributed by atoms with Gasteiger partial charge in [-0.2, -0.15) is 0 Å². The molecular weight excluding hydrogens is 388 g/mol. The Morgan fingerprint density at radius 1 is 1.20 bits per heavy atom. The Hall–Kier alpha value is -3.36. The van der Waals surface area contributed by atoms with E-state index in [0.29, 0.717) is 26.1 Å². The number of non-ortho nitro benzene ring substituents is 1. The second-order valence-corrected chi connectivity index (χ2v) is 8.15. The molecule has 3 heterocycles. The van der Waals surface area contributed by atoms with Gasteiger partial charge < -0.3 is 19.5 Å². The SMILES string of the molecule is O=C(NC1CC1)[C@H]1Cc2cc([N+](=O)[O-])ccc2N2CCN(C(=O)c3ccco3)C[C@@H]12. The lowest BCUT2D eigenvalue weighted by molar-refractivity contribution is -0.384. The van der Waals surface area contributed by atoms with Gasteiger partial charge in [0.2, 0.25) is 5.91 Å². The molecule has 0 radical (unpaired) electrons. The van der Waals surface area contributed by atoms with Crippen LogP contribution in [0.5, 0.6) is 0 Å². The van der Waals surface area contributed by atoms with Gasteiger partial charge in [0.05, 0.1) is 23.1 Å². The monoisotopic (exact) mass is 410 g/mol. The van der Waals surface area contributed by atoms with E-state index in [2.05, 4.69) is 10.2 Å². The molecule has 1 aliphatic carbocycles. The van der Waals surface area contributed by atoms with Crippen molar-refractivity contribution in [3.05, 3.63) is 58.0 Å². The number of hydrogen-bond acceptors (Lipinski definition) is 6. The van der Waals surface area contributed by atoms with Gasteiger partial charge in [-0.1, -0.05) is 0 Å². The third-order valence-electron chi connectivity index (χ3n) is 6.19. The van der Waals surface area contributed by atoms with Gasteiger partial charge in [-0.05, 0) is 43.0 Å². The summed E-state index contributed by atoms with van der Waals surface area (Å²) >= 11 is 0. The van der Waals surface area contributed by atoms with Gasteiger partial charge in [-0.25, -0.2) is 0 Å². The van der Waals surface area contributed by atoms with E-state index in [0.717, 1.165) is 24.1 Å². The first kappa shape index (κ1) is 18.7. The summed E-state index contributed by atoms with van der Waals surface area (Å²) < 4.78 is 5.26. The number of nitrogens with zero attached hydrogens (tertiary/aromatic N) is 3. The van der Waals surface area contributed by atoms with Crippen LogP contribution in [0.2, 0.25) is 0 Å². The van der Waals surface area contributed by atoms with Gasteiger partial charge in [-0.3, -0.25) is 19.7 Å². The maximum absolute atomic E-state index is 13.0. The van der Waals surface area contributed by atoms with E-state index in [9.17, 15) is 19.7 Å². The number of furan rings is 1. The summed E-state index contributed by atoms with van der Waals surface area (Å²) in [6, 6.07) is 8.19. The van der Waals surface area contributed by atoms with Crippen molar-refractivity contribution in [3.8, 4) is 0 Å². The van der Waals surface area contributed by atoms with Gasteiger partial charge in [-0.15, -0.1) is 0 Å². The van der Waals surface area contributed by atoms with Crippen molar-refractivity contribution >= 4 is 23.2 Å². The number of carbonyl (C=O) groups excluding carboxylic acids is 2. The van der Waals surface area contributed by atoms with Crippen LogP contribution >= 0.6 is 0 Å². The van der Waals surface area contributed by atoms with Crippen LogP contribution in [-0.2, 0) is 11.2 Å². The molecule has 9 heteroatoms. The van der Waals surface area contributed by atoms with Crippen LogP contribution in [0.25, 0.3) is 0 Å². The largest absolute Gasteiger partial charge is 0.459 e. The second kappa shape index (κ2) is 7.16. The summed E-state index contributed by atoms with van der Waals surface area (Å²) in [5.74, 6) is -0.325. The molecule has 1 aromatic carbocycles. The quantitative estimate of drug-likeness (QED) is 0.610. The number of benzene rings is 1. The molecule has 5 rings (SSSR count). The summed E-state index contributed by atoms with van der Waals surface area (Å²) in [4.78, 5) is 40.5. The summed E-state index contributed by atoms with van der Waals surface area (Å²) in [7, 11) is 0. The molecule has 1 aromatic heterocycles. The number of rotatable bonds is 4. The maximum atomic E-state index is 13.0. The van der Waals surface area contributed by atoms with Crippen LogP contribution in [-0.4, -0.2) is 53.4 Å². The van der Waals surface area contributed by atoms with Crippen molar-refractivity contribution in [3.63, 3.8) is 0 Å². The fourth-order valence-electron chi connectivity index (χ4n) is 4.50. The van der Waals surface area contributed by atoms with Gasteiger partial charge in [0.1, 0.15) is 0 Å². The van der Waals surface area contributed by atoms with E-state index in [4.69, 9.17) is 4.42 Å².